The lowest BCUT2D eigenvalue weighted by Crippen LogP contribution is -2.41. The minimum Gasteiger partial charge on any atom is -0.342 e. The Morgan fingerprint density at radius 1 is 0.778 bits per heavy atom. The molecule has 10 heteroatoms. The van der Waals surface area contributed by atoms with Gasteiger partial charge in [0.15, 0.2) is 0 Å². The van der Waals surface area contributed by atoms with Gasteiger partial charge < -0.3 is 4.90 Å². The summed E-state index contributed by atoms with van der Waals surface area (Å²) in [5, 5.41) is 0. The Labute approximate surface area is 162 Å². The van der Waals surface area contributed by atoms with Crippen molar-refractivity contribution in [3.05, 3.63) is 24.3 Å². The van der Waals surface area contributed by atoms with Gasteiger partial charge in [-0.15, -0.1) is 0 Å². The standard InChI is InChI=1S/C17H29N3O5S2/c1-6-19(7-2)17(21)14-18(5)26(22,23)15-10-12-16(13-11-15)27(24,25)20(8-3)9-4/h10-13H,6-9,14H2,1-5H3. The van der Waals surface area contributed by atoms with Gasteiger partial charge >= 0.3 is 0 Å². The van der Waals surface area contributed by atoms with E-state index >= 15 is 0 Å². The van der Waals surface area contributed by atoms with Crippen LogP contribution < -0.4 is 0 Å². The molecule has 1 rings (SSSR count). The molecule has 0 N–H and O–H groups in total. The number of carbonyl (C=O) groups is 1. The van der Waals surface area contributed by atoms with Gasteiger partial charge in [-0.05, 0) is 38.1 Å². The second-order valence-corrected chi connectivity index (χ2v) is 9.87. The van der Waals surface area contributed by atoms with E-state index < -0.39 is 20.0 Å². The van der Waals surface area contributed by atoms with Crippen molar-refractivity contribution in [2.45, 2.75) is 37.5 Å². The highest BCUT2D eigenvalue weighted by atomic mass is 32.2. The van der Waals surface area contributed by atoms with E-state index in [0.717, 1.165) is 4.31 Å². The third kappa shape index (κ3) is 5.28. The fraction of sp³-hybridized carbons (Fsp3) is 0.588. The molecule has 0 spiro atoms. The Hall–Kier alpha value is -1.49. The maximum atomic E-state index is 12.7. The molecule has 154 valence electrons. The maximum Gasteiger partial charge on any atom is 0.243 e. The summed E-state index contributed by atoms with van der Waals surface area (Å²) in [4.78, 5) is 13.7. The molecule has 27 heavy (non-hydrogen) atoms. The van der Waals surface area contributed by atoms with Crippen LogP contribution in [0.25, 0.3) is 0 Å². The summed E-state index contributed by atoms with van der Waals surface area (Å²) in [6, 6.07) is 5.06. The highest BCUT2D eigenvalue weighted by molar-refractivity contribution is 7.89. The molecule has 0 heterocycles. The molecule has 0 atom stereocenters. The number of sulfonamides is 2. The zero-order valence-electron chi connectivity index (χ0n) is 16.5. The van der Waals surface area contributed by atoms with Crippen molar-refractivity contribution in [3.63, 3.8) is 0 Å². The number of hydrogen-bond donors (Lipinski definition) is 0. The van der Waals surface area contributed by atoms with Crippen molar-refractivity contribution < 1.29 is 21.6 Å². The average molecular weight is 420 g/mol. The summed E-state index contributed by atoms with van der Waals surface area (Å²) in [7, 11) is -6.23. The molecule has 0 saturated carbocycles. The molecule has 1 aromatic rings. The van der Waals surface area contributed by atoms with Gasteiger partial charge in [0.05, 0.1) is 16.3 Å². The zero-order chi connectivity index (χ0) is 20.8. The molecule has 1 aromatic carbocycles. The van der Waals surface area contributed by atoms with E-state index in [4.69, 9.17) is 0 Å². The van der Waals surface area contributed by atoms with Crippen LogP contribution in [0.2, 0.25) is 0 Å². The topological polar surface area (TPSA) is 95.1 Å². The van der Waals surface area contributed by atoms with E-state index in [1.807, 2.05) is 13.8 Å². The Balaban J connectivity index is 3.07. The number of hydrogen-bond acceptors (Lipinski definition) is 5. The first-order valence-corrected chi connectivity index (χ1v) is 11.8. The van der Waals surface area contributed by atoms with Gasteiger partial charge in [-0.2, -0.15) is 8.61 Å². The monoisotopic (exact) mass is 419 g/mol. The van der Waals surface area contributed by atoms with E-state index in [1.54, 1.807) is 18.7 Å². The van der Waals surface area contributed by atoms with E-state index in [-0.39, 0.29) is 22.2 Å². The van der Waals surface area contributed by atoms with E-state index in [9.17, 15) is 21.6 Å². The highest BCUT2D eigenvalue weighted by Gasteiger charge is 2.26. The minimum absolute atomic E-state index is 0.0343. The largest absolute Gasteiger partial charge is 0.342 e. The number of likely N-dealkylation sites (N-methyl/N-ethyl adjacent to an activating group) is 2. The quantitative estimate of drug-likeness (QED) is 0.568. The van der Waals surface area contributed by atoms with Gasteiger partial charge in [0.1, 0.15) is 0 Å². The van der Waals surface area contributed by atoms with E-state index in [0.29, 0.717) is 26.2 Å². The van der Waals surface area contributed by atoms with Crippen LogP contribution in [0.3, 0.4) is 0 Å². The zero-order valence-corrected chi connectivity index (χ0v) is 18.2. The molecule has 0 fully saturated rings. The molecule has 0 aliphatic heterocycles. The van der Waals surface area contributed by atoms with Crippen molar-refractivity contribution in [3.8, 4) is 0 Å². The maximum absolute atomic E-state index is 12.7. The Morgan fingerprint density at radius 3 is 1.56 bits per heavy atom. The van der Waals surface area contributed by atoms with Gasteiger partial charge in [-0.1, -0.05) is 13.8 Å². The van der Waals surface area contributed by atoms with Crippen LogP contribution in [0.15, 0.2) is 34.1 Å². The first-order chi connectivity index (χ1) is 12.6. The molecule has 8 nitrogen and oxygen atoms in total. The van der Waals surface area contributed by atoms with Gasteiger partial charge in [0, 0.05) is 33.2 Å². The second kappa shape index (κ2) is 9.63. The van der Waals surface area contributed by atoms with Crippen LogP contribution in [-0.2, 0) is 24.8 Å². The first kappa shape index (κ1) is 23.5. The summed E-state index contributed by atoms with van der Waals surface area (Å²) < 4.78 is 52.6. The van der Waals surface area contributed by atoms with Crippen LogP contribution in [0, 0.1) is 0 Å². The van der Waals surface area contributed by atoms with Crippen molar-refractivity contribution in [2.24, 2.45) is 0 Å². The van der Waals surface area contributed by atoms with Crippen molar-refractivity contribution in [1.82, 2.24) is 13.5 Å². The molecule has 0 aromatic heterocycles. The fourth-order valence-electron chi connectivity index (χ4n) is 2.63. The summed E-state index contributed by atoms with van der Waals surface area (Å²) in [5.74, 6) is -0.285. The summed E-state index contributed by atoms with van der Waals surface area (Å²) in [6.45, 7) is 8.51. The molecule has 0 aliphatic carbocycles. The number of rotatable bonds is 10. The van der Waals surface area contributed by atoms with Crippen LogP contribution in [0.5, 0.6) is 0 Å². The molecule has 0 saturated heterocycles. The van der Waals surface area contributed by atoms with Crippen LogP contribution in [0.4, 0.5) is 0 Å². The Kier molecular flexibility index (Phi) is 8.40. The van der Waals surface area contributed by atoms with Crippen molar-refractivity contribution in [2.75, 3.05) is 39.8 Å². The minimum atomic E-state index is -3.90. The second-order valence-electron chi connectivity index (χ2n) is 5.89. The SMILES string of the molecule is CCN(CC)C(=O)CN(C)S(=O)(=O)c1ccc(S(=O)(=O)N(CC)CC)cc1. The summed E-state index contributed by atoms with van der Waals surface area (Å²) >= 11 is 0. The molecule has 0 radical (unpaired) electrons. The lowest BCUT2D eigenvalue weighted by molar-refractivity contribution is -0.130. The Morgan fingerprint density at radius 2 is 1.19 bits per heavy atom. The molecule has 1 amide bonds. The Bertz CT molecular complexity index is 828. The lowest BCUT2D eigenvalue weighted by Gasteiger charge is -2.23. The van der Waals surface area contributed by atoms with Crippen LogP contribution in [0.1, 0.15) is 27.7 Å². The predicted octanol–water partition coefficient (Wildman–Crippen LogP) is 1.21. The summed E-state index contributed by atoms with van der Waals surface area (Å²) in [6.07, 6.45) is 0. The summed E-state index contributed by atoms with van der Waals surface area (Å²) in [5.41, 5.74) is 0. The third-order valence-electron chi connectivity index (χ3n) is 4.35. The van der Waals surface area contributed by atoms with Crippen LogP contribution in [-0.4, -0.2) is 76.0 Å². The van der Waals surface area contributed by atoms with Gasteiger partial charge in [-0.25, -0.2) is 16.8 Å². The first-order valence-electron chi connectivity index (χ1n) is 8.90. The highest BCUT2D eigenvalue weighted by Crippen LogP contribution is 2.20. The number of carbonyl (C=O) groups excluding carboxylic acids is 1. The van der Waals surface area contributed by atoms with Gasteiger partial charge in [0.2, 0.25) is 26.0 Å². The molecule has 0 aliphatic rings. The van der Waals surface area contributed by atoms with Crippen LogP contribution >= 0.6 is 0 Å². The van der Waals surface area contributed by atoms with Gasteiger partial charge in [-0.3, -0.25) is 4.79 Å². The lowest BCUT2D eigenvalue weighted by atomic mass is 10.4. The van der Waals surface area contributed by atoms with E-state index in [1.165, 1.54) is 35.6 Å². The number of nitrogens with zero attached hydrogens (tertiary/aromatic N) is 3. The molecule has 0 bridgehead atoms. The number of benzene rings is 1. The molecular formula is C17H29N3O5S2. The van der Waals surface area contributed by atoms with Crippen molar-refractivity contribution in [1.29, 1.82) is 0 Å². The molecular weight excluding hydrogens is 390 g/mol. The number of amides is 1. The predicted molar refractivity (Wildman–Crippen MR) is 104 cm³/mol. The van der Waals surface area contributed by atoms with Gasteiger partial charge in [0.25, 0.3) is 0 Å². The third-order valence-corrected chi connectivity index (χ3v) is 8.23. The van der Waals surface area contributed by atoms with Crippen molar-refractivity contribution >= 4 is 26.0 Å². The fourth-order valence-corrected chi connectivity index (χ4v) is 5.21. The van der Waals surface area contributed by atoms with E-state index in [2.05, 4.69) is 0 Å². The average Bonchev–Trinajstić information content (AvgIpc) is 2.63. The normalized spacial score (nSPS) is 12.6. The molecule has 0 unspecified atom stereocenters. The smallest absolute Gasteiger partial charge is 0.243 e.